The minimum atomic E-state index is -4.51. The first-order valence-corrected chi connectivity index (χ1v) is 10.3. The zero-order chi connectivity index (χ0) is 17.2. The van der Waals surface area contributed by atoms with Crippen LogP contribution >= 0.6 is 0 Å². The van der Waals surface area contributed by atoms with Crippen LogP contribution in [-0.2, 0) is 14.6 Å². The number of hydrogen-bond donors (Lipinski definition) is 0. The molecule has 24 heavy (non-hydrogen) atoms. The van der Waals surface area contributed by atoms with E-state index in [2.05, 4.69) is 35.4 Å². The van der Waals surface area contributed by atoms with Gasteiger partial charge < -0.3 is 4.55 Å². The summed E-state index contributed by atoms with van der Waals surface area (Å²) < 4.78 is 34.8. The standard InChI is InChI=1S/C18H34O4S.K/c1-2-3-4-5-6-7-8-9-10-11-12-13-14-15-16-17-18-22-23(19,20)21;/h6-7,9-10H,2-5,8,11-18H2,1H3,(H,19,20,21);/q;+1/p-1/b7-6-,10-9-;. The molecule has 0 saturated carbocycles. The van der Waals surface area contributed by atoms with Gasteiger partial charge >= 0.3 is 51.4 Å². The summed E-state index contributed by atoms with van der Waals surface area (Å²) in [5.41, 5.74) is 0. The van der Waals surface area contributed by atoms with Gasteiger partial charge in [0.1, 0.15) is 0 Å². The molecule has 6 heteroatoms. The Balaban J connectivity index is 0. The van der Waals surface area contributed by atoms with Gasteiger partial charge in [0.25, 0.3) is 0 Å². The van der Waals surface area contributed by atoms with E-state index in [0.717, 1.165) is 32.1 Å². The first-order valence-electron chi connectivity index (χ1n) is 8.96. The van der Waals surface area contributed by atoms with E-state index in [1.54, 1.807) is 0 Å². The van der Waals surface area contributed by atoms with E-state index in [-0.39, 0.29) is 58.0 Å². The van der Waals surface area contributed by atoms with Crippen molar-refractivity contribution in [2.45, 2.75) is 84.0 Å². The monoisotopic (exact) mass is 384 g/mol. The maximum absolute atomic E-state index is 10.2. The fourth-order valence-corrected chi connectivity index (χ4v) is 2.57. The molecule has 0 aromatic heterocycles. The summed E-state index contributed by atoms with van der Waals surface area (Å²) in [6.45, 7) is 2.24. The molecule has 0 saturated heterocycles. The van der Waals surface area contributed by atoms with Crippen LogP contribution in [0.2, 0.25) is 0 Å². The third kappa shape index (κ3) is 25.2. The Morgan fingerprint density at radius 1 is 0.792 bits per heavy atom. The Morgan fingerprint density at radius 2 is 1.29 bits per heavy atom. The summed E-state index contributed by atoms with van der Waals surface area (Å²) in [6.07, 6.45) is 22.4. The molecule has 0 aromatic carbocycles. The molecule has 0 bridgehead atoms. The third-order valence-electron chi connectivity index (χ3n) is 3.57. The Morgan fingerprint density at radius 3 is 1.83 bits per heavy atom. The Kier molecular flexibility index (Phi) is 23.0. The molecule has 0 aliphatic carbocycles. The molecule has 0 aliphatic heterocycles. The van der Waals surface area contributed by atoms with Crippen molar-refractivity contribution in [2.75, 3.05) is 6.61 Å². The van der Waals surface area contributed by atoms with Crippen molar-refractivity contribution in [3.05, 3.63) is 24.3 Å². The number of hydrogen-bond acceptors (Lipinski definition) is 4. The fraction of sp³-hybridized carbons (Fsp3) is 0.778. The largest absolute Gasteiger partial charge is 1.00 e. The molecule has 0 N–H and O–H groups in total. The summed E-state index contributed by atoms with van der Waals surface area (Å²) in [6, 6.07) is 0. The number of unbranched alkanes of at least 4 members (excludes halogenated alkanes) is 9. The van der Waals surface area contributed by atoms with E-state index in [4.69, 9.17) is 0 Å². The molecule has 0 rings (SSSR count). The van der Waals surface area contributed by atoms with Crippen LogP contribution in [0.4, 0.5) is 0 Å². The van der Waals surface area contributed by atoms with Crippen molar-refractivity contribution < 1.29 is 68.5 Å². The van der Waals surface area contributed by atoms with Gasteiger partial charge in [0.15, 0.2) is 0 Å². The van der Waals surface area contributed by atoms with Crippen molar-refractivity contribution >= 4 is 10.4 Å². The second-order valence-electron chi connectivity index (χ2n) is 5.81. The van der Waals surface area contributed by atoms with Crippen molar-refractivity contribution in [1.82, 2.24) is 0 Å². The van der Waals surface area contributed by atoms with Crippen LogP contribution in [0.15, 0.2) is 24.3 Å². The van der Waals surface area contributed by atoms with Gasteiger partial charge in [-0.2, -0.15) is 0 Å². The predicted octanol–water partition coefficient (Wildman–Crippen LogP) is 2.28. The molecule has 0 heterocycles. The molecule has 4 nitrogen and oxygen atoms in total. The molecule has 0 unspecified atom stereocenters. The van der Waals surface area contributed by atoms with Gasteiger partial charge in [-0.1, -0.05) is 69.8 Å². The van der Waals surface area contributed by atoms with Crippen molar-refractivity contribution in [3.8, 4) is 0 Å². The minimum absolute atomic E-state index is 0. The van der Waals surface area contributed by atoms with E-state index < -0.39 is 10.4 Å². The smallest absolute Gasteiger partial charge is 0.726 e. The fourth-order valence-electron chi connectivity index (χ4n) is 2.25. The number of allylic oxidation sites excluding steroid dienone is 4. The summed E-state index contributed by atoms with van der Waals surface area (Å²) in [5, 5.41) is 0. The average Bonchev–Trinajstić information content (AvgIpc) is 2.49. The van der Waals surface area contributed by atoms with E-state index >= 15 is 0 Å². The molecular formula is C18H33KO4S. The Bertz CT molecular complexity index is 405. The zero-order valence-electron chi connectivity index (χ0n) is 15.5. The van der Waals surface area contributed by atoms with Crippen molar-refractivity contribution in [2.24, 2.45) is 0 Å². The normalized spacial score (nSPS) is 12.1. The number of rotatable bonds is 16. The van der Waals surface area contributed by atoms with Crippen LogP contribution in [0.3, 0.4) is 0 Å². The summed E-state index contributed by atoms with van der Waals surface area (Å²) >= 11 is 0. The van der Waals surface area contributed by atoms with Gasteiger partial charge in [0.05, 0.1) is 6.61 Å². The minimum Gasteiger partial charge on any atom is -0.726 e. The molecule has 0 atom stereocenters. The predicted molar refractivity (Wildman–Crippen MR) is 95.0 cm³/mol. The van der Waals surface area contributed by atoms with Crippen LogP contribution < -0.4 is 51.4 Å². The second-order valence-corrected chi connectivity index (χ2v) is 6.87. The first-order chi connectivity index (χ1) is 11.1. The van der Waals surface area contributed by atoms with Crippen LogP contribution in [-0.4, -0.2) is 19.6 Å². The summed E-state index contributed by atoms with van der Waals surface area (Å²) in [7, 11) is -4.51. The van der Waals surface area contributed by atoms with Crippen LogP contribution in [0, 0.1) is 0 Å². The molecular weight excluding hydrogens is 351 g/mol. The molecule has 136 valence electrons. The van der Waals surface area contributed by atoms with Crippen molar-refractivity contribution in [1.29, 1.82) is 0 Å². The maximum atomic E-state index is 10.2. The van der Waals surface area contributed by atoms with Gasteiger partial charge in [-0.15, -0.1) is 0 Å². The van der Waals surface area contributed by atoms with E-state index in [0.29, 0.717) is 6.42 Å². The molecule has 0 amide bonds. The van der Waals surface area contributed by atoms with Crippen LogP contribution in [0.1, 0.15) is 84.0 Å². The molecule has 0 spiro atoms. The maximum Gasteiger partial charge on any atom is 1.00 e. The Labute approximate surface area is 191 Å². The van der Waals surface area contributed by atoms with Gasteiger partial charge in [0, 0.05) is 0 Å². The van der Waals surface area contributed by atoms with Crippen LogP contribution in [0.5, 0.6) is 0 Å². The van der Waals surface area contributed by atoms with Gasteiger partial charge in [0.2, 0.25) is 10.4 Å². The van der Waals surface area contributed by atoms with E-state index in [9.17, 15) is 13.0 Å². The van der Waals surface area contributed by atoms with E-state index in [1.807, 2.05) is 0 Å². The zero-order valence-corrected chi connectivity index (χ0v) is 19.5. The molecule has 0 aromatic rings. The SMILES string of the molecule is CCCCC/C=C\C/C=C\CCCCCCCCOS(=O)(=O)[O-].[K+]. The summed E-state index contributed by atoms with van der Waals surface area (Å²) in [5.74, 6) is 0. The van der Waals surface area contributed by atoms with Gasteiger partial charge in [-0.05, 0) is 38.5 Å². The molecule has 0 fully saturated rings. The second kappa shape index (κ2) is 20.3. The molecule has 0 aliphatic rings. The first kappa shape index (κ1) is 27.2. The average molecular weight is 385 g/mol. The molecule has 0 radical (unpaired) electrons. The summed E-state index contributed by atoms with van der Waals surface area (Å²) in [4.78, 5) is 0. The quantitative estimate of drug-likeness (QED) is 0.135. The third-order valence-corrected chi connectivity index (χ3v) is 4.03. The van der Waals surface area contributed by atoms with Gasteiger partial charge in [-0.3, -0.25) is 4.18 Å². The Hall–Kier alpha value is 0.986. The van der Waals surface area contributed by atoms with Gasteiger partial charge in [-0.25, -0.2) is 8.42 Å². The topological polar surface area (TPSA) is 66.4 Å². The van der Waals surface area contributed by atoms with E-state index in [1.165, 1.54) is 38.5 Å². The van der Waals surface area contributed by atoms with Crippen LogP contribution in [0.25, 0.3) is 0 Å². The van der Waals surface area contributed by atoms with Crippen molar-refractivity contribution in [3.63, 3.8) is 0 Å².